The highest BCUT2D eigenvalue weighted by Crippen LogP contribution is 2.22. The summed E-state index contributed by atoms with van der Waals surface area (Å²) in [5.74, 6) is 0.866. The number of hydrogen-bond acceptors (Lipinski definition) is 4. The molecule has 0 aliphatic carbocycles. The molecular formula is C12H14FN3O. The zero-order valence-corrected chi connectivity index (χ0v) is 9.70. The zero-order valence-electron chi connectivity index (χ0n) is 9.70. The van der Waals surface area contributed by atoms with E-state index in [9.17, 15) is 4.39 Å². The molecule has 0 fully saturated rings. The molecule has 5 heteroatoms. The van der Waals surface area contributed by atoms with Crippen molar-refractivity contribution in [3.05, 3.63) is 41.9 Å². The third-order valence-electron chi connectivity index (χ3n) is 2.37. The predicted molar refractivity (Wildman–Crippen MR) is 64.1 cm³/mol. The van der Waals surface area contributed by atoms with Crippen LogP contribution in [0.1, 0.15) is 24.6 Å². The smallest absolute Gasteiger partial charge is 0.216 e. The Labute approximate surface area is 98.7 Å². The van der Waals surface area contributed by atoms with E-state index in [0.29, 0.717) is 17.3 Å². The quantitative estimate of drug-likeness (QED) is 0.803. The molecule has 1 heterocycles. The molecule has 3 N–H and O–H groups in total. The fourth-order valence-electron chi connectivity index (χ4n) is 1.52. The number of halogens is 1. The van der Waals surface area contributed by atoms with Crippen molar-refractivity contribution in [3.8, 4) is 0 Å². The SMILES string of the molecule is Cc1cnc(C(C)Nc2ccc(N)cc2F)o1. The Morgan fingerprint density at radius 1 is 1.47 bits per heavy atom. The summed E-state index contributed by atoms with van der Waals surface area (Å²) in [6.45, 7) is 3.66. The summed E-state index contributed by atoms with van der Waals surface area (Å²) in [5.41, 5.74) is 6.25. The first-order valence-electron chi connectivity index (χ1n) is 5.30. The molecule has 0 aliphatic heterocycles. The van der Waals surface area contributed by atoms with E-state index in [1.54, 1.807) is 18.3 Å². The van der Waals surface area contributed by atoms with Gasteiger partial charge in [-0.3, -0.25) is 0 Å². The Hall–Kier alpha value is -2.04. The molecule has 0 radical (unpaired) electrons. The number of benzene rings is 1. The minimum Gasteiger partial charge on any atom is -0.444 e. The lowest BCUT2D eigenvalue weighted by molar-refractivity contribution is 0.453. The molecule has 0 amide bonds. The summed E-state index contributed by atoms with van der Waals surface area (Å²) in [4.78, 5) is 4.08. The summed E-state index contributed by atoms with van der Waals surface area (Å²) in [5, 5.41) is 2.98. The normalized spacial score (nSPS) is 12.4. The number of aryl methyl sites for hydroxylation is 1. The zero-order chi connectivity index (χ0) is 12.4. The van der Waals surface area contributed by atoms with Crippen LogP contribution in [0.3, 0.4) is 0 Å². The van der Waals surface area contributed by atoms with Crippen LogP contribution >= 0.6 is 0 Å². The number of nitrogens with one attached hydrogen (secondary N) is 1. The molecule has 2 aromatic rings. The average molecular weight is 235 g/mol. The van der Waals surface area contributed by atoms with Crippen molar-refractivity contribution in [2.24, 2.45) is 0 Å². The van der Waals surface area contributed by atoms with E-state index in [1.807, 2.05) is 13.8 Å². The largest absolute Gasteiger partial charge is 0.444 e. The molecule has 1 atom stereocenters. The maximum atomic E-state index is 13.5. The Kier molecular flexibility index (Phi) is 2.99. The minimum atomic E-state index is -0.389. The molecule has 2 rings (SSSR count). The first kappa shape index (κ1) is 11.4. The van der Waals surface area contributed by atoms with Gasteiger partial charge in [-0.05, 0) is 32.0 Å². The molecule has 0 spiro atoms. The first-order chi connectivity index (χ1) is 8.06. The maximum Gasteiger partial charge on any atom is 0.216 e. The van der Waals surface area contributed by atoms with Crippen LogP contribution in [-0.2, 0) is 0 Å². The molecule has 4 nitrogen and oxygen atoms in total. The number of oxazole rings is 1. The van der Waals surface area contributed by atoms with E-state index in [1.165, 1.54) is 6.07 Å². The highest BCUT2D eigenvalue weighted by Gasteiger charge is 2.13. The van der Waals surface area contributed by atoms with E-state index in [2.05, 4.69) is 10.3 Å². The molecule has 90 valence electrons. The lowest BCUT2D eigenvalue weighted by Gasteiger charge is -2.12. The van der Waals surface area contributed by atoms with Crippen LogP contribution in [0.2, 0.25) is 0 Å². The molecule has 1 unspecified atom stereocenters. The van der Waals surface area contributed by atoms with Gasteiger partial charge in [-0.15, -0.1) is 0 Å². The lowest BCUT2D eigenvalue weighted by atomic mass is 10.2. The molecule has 0 bridgehead atoms. The Morgan fingerprint density at radius 2 is 2.24 bits per heavy atom. The third-order valence-corrected chi connectivity index (χ3v) is 2.37. The monoisotopic (exact) mass is 235 g/mol. The molecular weight excluding hydrogens is 221 g/mol. The van der Waals surface area contributed by atoms with E-state index in [4.69, 9.17) is 10.2 Å². The number of nitrogens with zero attached hydrogens (tertiary/aromatic N) is 1. The highest BCUT2D eigenvalue weighted by molar-refractivity contribution is 5.53. The first-order valence-corrected chi connectivity index (χ1v) is 5.30. The van der Waals surface area contributed by atoms with Gasteiger partial charge in [0, 0.05) is 5.69 Å². The van der Waals surface area contributed by atoms with Crippen molar-refractivity contribution < 1.29 is 8.81 Å². The van der Waals surface area contributed by atoms with Gasteiger partial charge in [0.05, 0.1) is 11.9 Å². The third kappa shape index (κ3) is 2.55. The molecule has 0 aliphatic rings. The number of rotatable bonds is 3. The number of aromatic nitrogens is 1. The van der Waals surface area contributed by atoms with Gasteiger partial charge < -0.3 is 15.5 Å². The van der Waals surface area contributed by atoms with E-state index in [-0.39, 0.29) is 11.9 Å². The van der Waals surface area contributed by atoms with Crippen LogP contribution in [0.25, 0.3) is 0 Å². The molecule has 0 saturated carbocycles. The standard InChI is InChI=1S/C12H14FN3O/c1-7-6-15-12(17-7)8(2)16-11-4-3-9(14)5-10(11)13/h3-6,8,16H,14H2,1-2H3. The van der Waals surface area contributed by atoms with E-state index in [0.717, 1.165) is 5.76 Å². The Bertz CT molecular complexity index is 524. The number of nitrogen functional groups attached to an aromatic ring is 1. The summed E-state index contributed by atoms with van der Waals surface area (Å²) >= 11 is 0. The van der Waals surface area contributed by atoms with Crippen molar-refractivity contribution in [2.75, 3.05) is 11.1 Å². The van der Waals surface area contributed by atoms with Gasteiger partial charge in [0.15, 0.2) is 0 Å². The van der Waals surface area contributed by atoms with Crippen LogP contribution in [0.4, 0.5) is 15.8 Å². The van der Waals surface area contributed by atoms with Crippen LogP contribution in [-0.4, -0.2) is 4.98 Å². The van der Waals surface area contributed by atoms with Crippen LogP contribution in [0.15, 0.2) is 28.8 Å². The van der Waals surface area contributed by atoms with Crippen LogP contribution in [0, 0.1) is 12.7 Å². The Morgan fingerprint density at radius 3 is 2.82 bits per heavy atom. The fraction of sp³-hybridized carbons (Fsp3) is 0.250. The fourth-order valence-corrected chi connectivity index (χ4v) is 1.52. The second-order valence-electron chi connectivity index (χ2n) is 3.91. The maximum absolute atomic E-state index is 13.5. The topological polar surface area (TPSA) is 64.1 Å². The number of hydrogen-bond donors (Lipinski definition) is 2. The van der Waals surface area contributed by atoms with Crippen molar-refractivity contribution in [2.45, 2.75) is 19.9 Å². The van der Waals surface area contributed by atoms with Gasteiger partial charge >= 0.3 is 0 Å². The van der Waals surface area contributed by atoms with Crippen molar-refractivity contribution in [1.29, 1.82) is 0 Å². The molecule has 1 aromatic heterocycles. The second-order valence-corrected chi connectivity index (χ2v) is 3.91. The summed E-state index contributed by atoms with van der Waals surface area (Å²) in [6.07, 6.45) is 1.63. The van der Waals surface area contributed by atoms with Crippen molar-refractivity contribution in [3.63, 3.8) is 0 Å². The summed E-state index contributed by atoms with van der Waals surface area (Å²) in [7, 11) is 0. The van der Waals surface area contributed by atoms with E-state index >= 15 is 0 Å². The van der Waals surface area contributed by atoms with Gasteiger partial charge in [-0.1, -0.05) is 0 Å². The second kappa shape index (κ2) is 4.45. The Balaban J connectivity index is 2.15. The van der Waals surface area contributed by atoms with Crippen LogP contribution < -0.4 is 11.1 Å². The summed E-state index contributed by atoms with van der Waals surface area (Å²) in [6, 6.07) is 4.30. The minimum absolute atomic E-state index is 0.207. The predicted octanol–water partition coefficient (Wildman–Crippen LogP) is 2.88. The lowest BCUT2D eigenvalue weighted by Crippen LogP contribution is -2.08. The van der Waals surface area contributed by atoms with Gasteiger partial charge in [0.1, 0.15) is 17.6 Å². The number of nitrogens with two attached hydrogens (primary N) is 1. The van der Waals surface area contributed by atoms with Crippen molar-refractivity contribution >= 4 is 11.4 Å². The molecule has 0 saturated heterocycles. The van der Waals surface area contributed by atoms with E-state index < -0.39 is 0 Å². The van der Waals surface area contributed by atoms with Crippen LogP contribution in [0.5, 0.6) is 0 Å². The van der Waals surface area contributed by atoms with Gasteiger partial charge in [-0.2, -0.15) is 0 Å². The molecule has 1 aromatic carbocycles. The average Bonchev–Trinajstić information content (AvgIpc) is 2.69. The molecule has 17 heavy (non-hydrogen) atoms. The summed E-state index contributed by atoms with van der Waals surface area (Å²) < 4.78 is 18.9. The van der Waals surface area contributed by atoms with Gasteiger partial charge in [0.25, 0.3) is 0 Å². The highest BCUT2D eigenvalue weighted by atomic mass is 19.1. The number of anilines is 2. The van der Waals surface area contributed by atoms with Gasteiger partial charge in [-0.25, -0.2) is 9.37 Å². The van der Waals surface area contributed by atoms with Gasteiger partial charge in [0.2, 0.25) is 5.89 Å². The van der Waals surface area contributed by atoms with Crippen molar-refractivity contribution in [1.82, 2.24) is 4.98 Å².